The van der Waals surface area contributed by atoms with E-state index in [1.165, 1.54) is 0 Å². The van der Waals surface area contributed by atoms with Gasteiger partial charge in [0.15, 0.2) is 0 Å². The van der Waals surface area contributed by atoms with Crippen LogP contribution >= 0.6 is 0 Å². The smallest absolute Gasteiger partial charge is 0.238 e. The van der Waals surface area contributed by atoms with Crippen LogP contribution in [0.5, 0.6) is 5.88 Å². The number of rotatable bonds is 2. The Labute approximate surface area is 100 Å². The molecule has 92 valence electrons. The molecule has 5 heteroatoms. The second-order valence-corrected chi connectivity index (χ2v) is 4.99. The molecule has 3 heterocycles. The van der Waals surface area contributed by atoms with Crippen molar-refractivity contribution in [2.24, 2.45) is 0 Å². The first-order chi connectivity index (χ1) is 8.21. The van der Waals surface area contributed by atoms with E-state index in [-0.39, 0.29) is 0 Å². The van der Waals surface area contributed by atoms with Gasteiger partial charge in [-0.3, -0.25) is 4.98 Å². The molecule has 5 nitrogen and oxygen atoms in total. The predicted octanol–water partition coefficient (Wildman–Crippen LogP) is 0.587. The van der Waals surface area contributed by atoms with E-state index in [0.29, 0.717) is 36.5 Å². The molecule has 1 aromatic heterocycles. The largest absolute Gasteiger partial charge is 0.480 e. The monoisotopic (exact) mass is 235 g/mol. The van der Waals surface area contributed by atoms with Crippen molar-refractivity contribution in [2.45, 2.75) is 43.4 Å². The first-order valence-electron chi connectivity index (χ1n) is 6.05. The lowest BCUT2D eigenvalue weighted by Crippen LogP contribution is -2.47. The van der Waals surface area contributed by atoms with E-state index < -0.39 is 5.60 Å². The molecule has 3 rings (SSSR count). The van der Waals surface area contributed by atoms with Gasteiger partial charge in [0.25, 0.3) is 0 Å². The summed E-state index contributed by atoms with van der Waals surface area (Å²) in [5, 5.41) is 14.3. The molecule has 0 aliphatic carbocycles. The number of hydrogen-bond donors (Lipinski definition) is 2. The van der Waals surface area contributed by atoms with Crippen LogP contribution in [0, 0.1) is 0 Å². The van der Waals surface area contributed by atoms with Gasteiger partial charge in [0.05, 0.1) is 7.11 Å². The Bertz CT molecular complexity index is 412. The second-order valence-electron chi connectivity index (χ2n) is 4.99. The van der Waals surface area contributed by atoms with Gasteiger partial charge in [-0.1, -0.05) is 0 Å². The maximum atomic E-state index is 10.8. The molecule has 0 saturated carbocycles. The number of hydrogen-bond acceptors (Lipinski definition) is 5. The van der Waals surface area contributed by atoms with E-state index in [9.17, 15) is 5.11 Å². The summed E-state index contributed by atoms with van der Waals surface area (Å²) in [6, 6.07) is 0.788. The Morgan fingerprint density at radius 3 is 2.59 bits per heavy atom. The highest BCUT2D eigenvalue weighted by molar-refractivity contribution is 5.26. The second kappa shape index (κ2) is 3.92. The molecule has 0 spiro atoms. The fourth-order valence-corrected chi connectivity index (χ4v) is 3.11. The zero-order valence-corrected chi connectivity index (χ0v) is 9.89. The number of fused-ring (bicyclic) bond motifs is 2. The summed E-state index contributed by atoms with van der Waals surface area (Å²) in [5.41, 5.74) is -0.308. The van der Waals surface area contributed by atoms with Crippen molar-refractivity contribution in [3.05, 3.63) is 18.1 Å². The number of nitrogens with zero attached hydrogens (tertiary/aromatic N) is 2. The van der Waals surface area contributed by atoms with Gasteiger partial charge in [0.1, 0.15) is 11.3 Å². The molecular formula is C12H17N3O2. The topological polar surface area (TPSA) is 67.3 Å². The molecular weight excluding hydrogens is 218 g/mol. The summed E-state index contributed by atoms with van der Waals surface area (Å²) in [5.74, 6) is 0.441. The molecule has 2 fully saturated rings. The van der Waals surface area contributed by atoms with Gasteiger partial charge < -0.3 is 15.2 Å². The molecule has 0 amide bonds. The van der Waals surface area contributed by atoms with Gasteiger partial charge in [-0.25, -0.2) is 4.98 Å². The summed E-state index contributed by atoms with van der Waals surface area (Å²) >= 11 is 0. The molecule has 17 heavy (non-hydrogen) atoms. The zero-order valence-electron chi connectivity index (χ0n) is 9.89. The van der Waals surface area contributed by atoms with Crippen LogP contribution in [0.15, 0.2) is 12.4 Å². The number of aromatic nitrogens is 2. The van der Waals surface area contributed by atoms with Crippen LogP contribution in [-0.2, 0) is 5.60 Å². The van der Waals surface area contributed by atoms with Crippen molar-refractivity contribution in [1.29, 1.82) is 0 Å². The first kappa shape index (κ1) is 10.9. The Hall–Kier alpha value is -1.20. The summed E-state index contributed by atoms with van der Waals surface area (Å²) in [4.78, 5) is 8.40. The third-order valence-corrected chi connectivity index (χ3v) is 3.80. The van der Waals surface area contributed by atoms with Crippen molar-refractivity contribution in [3.8, 4) is 5.88 Å². The van der Waals surface area contributed by atoms with Crippen molar-refractivity contribution < 1.29 is 9.84 Å². The van der Waals surface area contributed by atoms with E-state index in [2.05, 4.69) is 15.3 Å². The van der Waals surface area contributed by atoms with Crippen molar-refractivity contribution in [3.63, 3.8) is 0 Å². The van der Waals surface area contributed by atoms with Crippen LogP contribution in [0.3, 0.4) is 0 Å². The minimum absolute atomic E-state index is 0.394. The molecule has 0 aromatic carbocycles. The van der Waals surface area contributed by atoms with Crippen LogP contribution in [-0.4, -0.2) is 34.3 Å². The Morgan fingerprint density at radius 2 is 1.94 bits per heavy atom. The van der Waals surface area contributed by atoms with Gasteiger partial charge in [-0.15, -0.1) is 0 Å². The predicted molar refractivity (Wildman–Crippen MR) is 61.7 cm³/mol. The summed E-state index contributed by atoms with van der Waals surface area (Å²) < 4.78 is 5.20. The fourth-order valence-electron chi connectivity index (χ4n) is 3.11. The van der Waals surface area contributed by atoms with Gasteiger partial charge in [0, 0.05) is 24.5 Å². The third-order valence-electron chi connectivity index (χ3n) is 3.80. The van der Waals surface area contributed by atoms with Gasteiger partial charge in [-0.2, -0.15) is 0 Å². The van der Waals surface area contributed by atoms with Crippen LogP contribution < -0.4 is 10.1 Å². The van der Waals surface area contributed by atoms with Gasteiger partial charge >= 0.3 is 0 Å². The molecule has 2 aliphatic rings. The van der Waals surface area contributed by atoms with Crippen LogP contribution in [0.25, 0.3) is 0 Å². The number of nitrogens with one attached hydrogen (secondary N) is 1. The summed E-state index contributed by atoms with van der Waals surface area (Å²) in [6.07, 6.45) is 6.85. The van der Waals surface area contributed by atoms with E-state index in [1.807, 2.05) is 0 Å². The Morgan fingerprint density at radius 1 is 1.29 bits per heavy atom. The molecule has 2 atom stereocenters. The van der Waals surface area contributed by atoms with Gasteiger partial charge in [-0.05, 0) is 25.7 Å². The highest BCUT2D eigenvalue weighted by Crippen LogP contribution is 2.42. The van der Waals surface area contributed by atoms with E-state index >= 15 is 0 Å². The summed E-state index contributed by atoms with van der Waals surface area (Å²) in [6.45, 7) is 0. The van der Waals surface area contributed by atoms with Crippen LogP contribution in [0.4, 0.5) is 0 Å². The van der Waals surface area contributed by atoms with Crippen molar-refractivity contribution in [1.82, 2.24) is 15.3 Å². The summed E-state index contributed by atoms with van der Waals surface area (Å²) in [7, 11) is 1.56. The maximum absolute atomic E-state index is 10.8. The van der Waals surface area contributed by atoms with E-state index in [1.54, 1.807) is 19.5 Å². The molecule has 1 aromatic rings. The minimum Gasteiger partial charge on any atom is -0.480 e. The molecule has 2 N–H and O–H groups in total. The van der Waals surface area contributed by atoms with E-state index in [0.717, 1.165) is 12.8 Å². The maximum Gasteiger partial charge on any atom is 0.238 e. The number of methoxy groups -OCH3 is 1. The van der Waals surface area contributed by atoms with Crippen LogP contribution in [0.1, 0.15) is 31.4 Å². The quantitative estimate of drug-likeness (QED) is 0.785. The standard InChI is InChI=1S/C12H17N3O2/c1-17-11-10(13-4-5-14-11)12(16)6-8-2-3-9(7-12)15-8/h4-5,8-9,15-16H,2-3,6-7H2,1H3. The highest BCUT2D eigenvalue weighted by Gasteiger charge is 2.46. The molecule has 2 bridgehead atoms. The third kappa shape index (κ3) is 1.79. The minimum atomic E-state index is -0.892. The van der Waals surface area contributed by atoms with Crippen molar-refractivity contribution in [2.75, 3.05) is 7.11 Å². The Balaban J connectivity index is 1.96. The average Bonchev–Trinajstić information content (AvgIpc) is 2.69. The number of aliphatic hydroxyl groups is 1. The van der Waals surface area contributed by atoms with Crippen LogP contribution in [0.2, 0.25) is 0 Å². The normalized spacial score (nSPS) is 35.9. The molecule has 2 aliphatic heterocycles. The SMILES string of the molecule is COc1nccnc1C1(O)CC2CCC(C1)N2. The molecule has 2 unspecified atom stereocenters. The average molecular weight is 235 g/mol. The zero-order chi connectivity index (χ0) is 11.9. The highest BCUT2D eigenvalue weighted by atomic mass is 16.5. The van der Waals surface area contributed by atoms with Crippen molar-refractivity contribution >= 4 is 0 Å². The lowest BCUT2D eigenvalue weighted by molar-refractivity contribution is -0.0177. The molecule has 0 radical (unpaired) electrons. The lowest BCUT2D eigenvalue weighted by atomic mass is 9.84. The number of piperidine rings is 1. The first-order valence-corrected chi connectivity index (χ1v) is 6.05. The number of ether oxygens (including phenoxy) is 1. The lowest BCUT2D eigenvalue weighted by Gasteiger charge is -2.36. The van der Waals surface area contributed by atoms with E-state index in [4.69, 9.17) is 4.74 Å². The fraction of sp³-hybridized carbons (Fsp3) is 0.667. The van der Waals surface area contributed by atoms with Gasteiger partial charge in [0.2, 0.25) is 5.88 Å². The Kier molecular flexibility index (Phi) is 2.52. The molecule has 2 saturated heterocycles.